The highest BCUT2D eigenvalue weighted by Gasteiger charge is 2.10. The number of ether oxygens (including phenoxy) is 1. The molecule has 1 aromatic rings. The van der Waals surface area contributed by atoms with Crippen LogP contribution in [-0.4, -0.2) is 51.8 Å². The second kappa shape index (κ2) is 6.76. The van der Waals surface area contributed by atoms with Crippen LogP contribution in [-0.2, 0) is 11.2 Å². The molecule has 1 aliphatic rings. The summed E-state index contributed by atoms with van der Waals surface area (Å²) in [5, 5.41) is 0. The van der Waals surface area contributed by atoms with Gasteiger partial charge in [0.15, 0.2) is 0 Å². The third-order valence-corrected chi connectivity index (χ3v) is 3.38. The minimum atomic E-state index is 0.852. The summed E-state index contributed by atoms with van der Waals surface area (Å²) in [6, 6.07) is 9.02. The predicted molar refractivity (Wildman–Crippen MR) is 76.3 cm³/mol. The molecule has 0 aliphatic carbocycles. The molecular weight excluding hydrogens is 224 g/mol. The van der Waals surface area contributed by atoms with Crippen molar-refractivity contribution >= 4 is 5.69 Å². The Hall–Kier alpha value is -1.06. The molecule has 0 spiro atoms. The molecule has 0 saturated carbocycles. The smallest absolute Gasteiger partial charge is 0.0642 e. The van der Waals surface area contributed by atoms with Crippen molar-refractivity contribution in [1.82, 2.24) is 4.90 Å². The normalized spacial score (nSPS) is 16.3. The zero-order chi connectivity index (χ0) is 12.8. The molecule has 18 heavy (non-hydrogen) atoms. The van der Waals surface area contributed by atoms with E-state index in [1.165, 1.54) is 24.1 Å². The summed E-state index contributed by atoms with van der Waals surface area (Å²) >= 11 is 0. The van der Waals surface area contributed by atoms with Crippen molar-refractivity contribution in [3.8, 4) is 0 Å². The zero-order valence-corrected chi connectivity index (χ0v) is 11.6. The van der Waals surface area contributed by atoms with E-state index in [1.54, 1.807) is 0 Å². The highest BCUT2D eigenvalue weighted by molar-refractivity contribution is 5.47. The van der Waals surface area contributed by atoms with Gasteiger partial charge in [-0.3, -0.25) is 0 Å². The van der Waals surface area contributed by atoms with Gasteiger partial charge in [-0.1, -0.05) is 12.1 Å². The van der Waals surface area contributed by atoms with Crippen LogP contribution in [0.15, 0.2) is 24.3 Å². The number of benzene rings is 1. The highest BCUT2D eigenvalue weighted by atomic mass is 16.5. The molecule has 0 N–H and O–H groups in total. The van der Waals surface area contributed by atoms with Gasteiger partial charge < -0.3 is 14.5 Å². The van der Waals surface area contributed by atoms with Crippen LogP contribution < -0.4 is 4.90 Å². The topological polar surface area (TPSA) is 15.7 Å². The second-order valence-corrected chi connectivity index (χ2v) is 5.17. The summed E-state index contributed by atoms with van der Waals surface area (Å²) in [6.07, 6.45) is 2.39. The number of morpholine rings is 1. The second-order valence-electron chi connectivity index (χ2n) is 5.17. The Labute approximate surface area is 110 Å². The molecule has 1 heterocycles. The van der Waals surface area contributed by atoms with Gasteiger partial charge in [0.1, 0.15) is 0 Å². The summed E-state index contributed by atoms with van der Waals surface area (Å²) in [6.45, 7) is 4.89. The number of rotatable bonds is 5. The van der Waals surface area contributed by atoms with Crippen molar-refractivity contribution in [1.29, 1.82) is 0 Å². The summed E-state index contributed by atoms with van der Waals surface area (Å²) in [5.74, 6) is 0. The SMILES string of the molecule is CN(C)CCCc1ccc(N2CCOCC2)cc1. The summed E-state index contributed by atoms with van der Waals surface area (Å²) in [5.41, 5.74) is 2.77. The van der Waals surface area contributed by atoms with Gasteiger partial charge in [-0.15, -0.1) is 0 Å². The van der Waals surface area contributed by atoms with E-state index in [-0.39, 0.29) is 0 Å². The van der Waals surface area contributed by atoms with Gasteiger partial charge in [0.2, 0.25) is 0 Å². The van der Waals surface area contributed by atoms with E-state index in [2.05, 4.69) is 48.2 Å². The van der Waals surface area contributed by atoms with Crippen LogP contribution in [0.1, 0.15) is 12.0 Å². The van der Waals surface area contributed by atoms with Crippen LogP contribution in [0.5, 0.6) is 0 Å². The molecule has 3 nitrogen and oxygen atoms in total. The van der Waals surface area contributed by atoms with Crippen molar-refractivity contribution < 1.29 is 4.74 Å². The van der Waals surface area contributed by atoms with Gasteiger partial charge in [0.05, 0.1) is 13.2 Å². The maximum Gasteiger partial charge on any atom is 0.0642 e. The maximum atomic E-state index is 5.37. The van der Waals surface area contributed by atoms with E-state index in [1.807, 2.05) is 0 Å². The van der Waals surface area contributed by atoms with Gasteiger partial charge in [-0.05, 0) is 51.2 Å². The first kappa shape index (κ1) is 13.4. The Balaban J connectivity index is 1.84. The molecule has 0 amide bonds. The first-order chi connectivity index (χ1) is 8.75. The minimum absolute atomic E-state index is 0.852. The van der Waals surface area contributed by atoms with Crippen molar-refractivity contribution in [2.75, 3.05) is 51.8 Å². The lowest BCUT2D eigenvalue weighted by molar-refractivity contribution is 0.122. The lowest BCUT2D eigenvalue weighted by Crippen LogP contribution is -2.36. The van der Waals surface area contributed by atoms with E-state index in [0.717, 1.165) is 32.8 Å². The third-order valence-electron chi connectivity index (χ3n) is 3.38. The van der Waals surface area contributed by atoms with E-state index in [9.17, 15) is 0 Å². The Morgan fingerprint density at radius 1 is 1.11 bits per heavy atom. The van der Waals surface area contributed by atoms with E-state index in [0.29, 0.717) is 0 Å². The van der Waals surface area contributed by atoms with Crippen molar-refractivity contribution in [2.45, 2.75) is 12.8 Å². The van der Waals surface area contributed by atoms with E-state index >= 15 is 0 Å². The van der Waals surface area contributed by atoms with Gasteiger partial charge in [-0.25, -0.2) is 0 Å². The van der Waals surface area contributed by atoms with Gasteiger partial charge >= 0.3 is 0 Å². The predicted octanol–water partition coefficient (Wildman–Crippen LogP) is 2.02. The van der Waals surface area contributed by atoms with Gasteiger partial charge in [0, 0.05) is 18.8 Å². The standard InChI is InChI=1S/C15H24N2O/c1-16(2)9-3-4-14-5-7-15(8-6-14)17-10-12-18-13-11-17/h5-8H,3-4,9-13H2,1-2H3. The first-order valence-corrected chi connectivity index (χ1v) is 6.82. The van der Waals surface area contributed by atoms with Gasteiger partial charge in [0.25, 0.3) is 0 Å². The van der Waals surface area contributed by atoms with Crippen LogP contribution >= 0.6 is 0 Å². The molecule has 1 fully saturated rings. The molecule has 2 rings (SSSR count). The van der Waals surface area contributed by atoms with E-state index < -0.39 is 0 Å². The number of aryl methyl sites for hydroxylation is 1. The van der Waals surface area contributed by atoms with Crippen molar-refractivity contribution in [3.63, 3.8) is 0 Å². The number of anilines is 1. The number of hydrogen-bond donors (Lipinski definition) is 0. The first-order valence-electron chi connectivity index (χ1n) is 6.82. The van der Waals surface area contributed by atoms with Crippen LogP contribution in [0.2, 0.25) is 0 Å². The Morgan fingerprint density at radius 2 is 1.78 bits per heavy atom. The average molecular weight is 248 g/mol. The summed E-state index contributed by atoms with van der Waals surface area (Å²) in [4.78, 5) is 4.63. The molecule has 100 valence electrons. The van der Waals surface area contributed by atoms with Gasteiger partial charge in [-0.2, -0.15) is 0 Å². The Kier molecular flexibility index (Phi) is 5.02. The molecular formula is C15H24N2O. The average Bonchev–Trinajstić information content (AvgIpc) is 2.40. The van der Waals surface area contributed by atoms with Crippen molar-refractivity contribution in [2.24, 2.45) is 0 Å². The molecule has 0 radical (unpaired) electrons. The minimum Gasteiger partial charge on any atom is -0.378 e. The molecule has 1 aromatic carbocycles. The fourth-order valence-electron chi connectivity index (χ4n) is 2.29. The van der Waals surface area contributed by atoms with Crippen LogP contribution in [0, 0.1) is 0 Å². The lowest BCUT2D eigenvalue weighted by Gasteiger charge is -2.28. The summed E-state index contributed by atoms with van der Waals surface area (Å²) in [7, 11) is 4.25. The molecule has 0 bridgehead atoms. The fourth-order valence-corrected chi connectivity index (χ4v) is 2.29. The molecule has 3 heteroatoms. The van der Waals surface area contributed by atoms with Crippen molar-refractivity contribution in [3.05, 3.63) is 29.8 Å². The van der Waals surface area contributed by atoms with Crippen LogP contribution in [0.3, 0.4) is 0 Å². The number of hydrogen-bond acceptors (Lipinski definition) is 3. The molecule has 0 aromatic heterocycles. The highest BCUT2D eigenvalue weighted by Crippen LogP contribution is 2.17. The number of nitrogens with zero attached hydrogens (tertiary/aromatic N) is 2. The quantitative estimate of drug-likeness (QED) is 0.793. The molecule has 0 unspecified atom stereocenters. The molecule has 1 saturated heterocycles. The Morgan fingerprint density at radius 3 is 2.39 bits per heavy atom. The van der Waals surface area contributed by atoms with Crippen LogP contribution in [0.4, 0.5) is 5.69 Å². The van der Waals surface area contributed by atoms with E-state index in [4.69, 9.17) is 4.74 Å². The lowest BCUT2D eigenvalue weighted by atomic mass is 10.1. The monoisotopic (exact) mass is 248 g/mol. The molecule has 1 aliphatic heterocycles. The third kappa shape index (κ3) is 4.00. The zero-order valence-electron chi connectivity index (χ0n) is 11.6. The maximum absolute atomic E-state index is 5.37. The fraction of sp³-hybridized carbons (Fsp3) is 0.600. The Bertz CT molecular complexity index is 342. The largest absolute Gasteiger partial charge is 0.378 e. The summed E-state index contributed by atoms with van der Waals surface area (Å²) < 4.78 is 5.37. The van der Waals surface area contributed by atoms with Crippen LogP contribution in [0.25, 0.3) is 0 Å². The molecule has 0 atom stereocenters.